The number of halogens is 3. The molecule has 0 bridgehead atoms. The molecule has 3 heterocycles. The van der Waals surface area contributed by atoms with Gasteiger partial charge in [-0.05, 0) is 37.7 Å². The Bertz CT molecular complexity index is 628. The van der Waals surface area contributed by atoms with Crippen molar-refractivity contribution >= 4 is 6.03 Å². The number of aromatic nitrogens is 1. The van der Waals surface area contributed by atoms with Gasteiger partial charge < -0.3 is 19.7 Å². The molecule has 0 spiro atoms. The normalized spacial score (nSPS) is 21.3. The van der Waals surface area contributed by atoms with Crippen molar-refractivity contribution in [3.05, 3.63) is 23.9 Å². The van der Waals surface area contributed by atoms with E-state index in [1.54, 1.807) is 4.90 Å². The molecule has 1 N–H and O–H groups in total. The average molecular weight is 387 g/mol. The highest BCUT2D eigenvalue weighted by atomic mass is 19.4. The predicted octanol–water partition coefficient (Wildman–Crippen LogP) is 3.08. The molecular weight excluding hydrogens is 363 g/mol. The minimum atomic E-state index is -4.48. The first-order valence-electron chi connectivity index (χ1n) is 9.23. The predicted molar refractivity (Wildman–Crippen MR) is 91.4 cm³/mol. The van der Waals surface area contributed by atoms with Crippen molar-refractivity contribution in [3.8, 4) is 5.88 Å². The molecule has 2 fully saturated rings. The van der Waals surface area contributed by atoms with Crippen LogP contribution in [0.4, 0.5) is 18.0 Å². The van der Waals surface area contributed by atoms with Crippen LogP contribution in [0.25, 0.3) is 0 Å². The van der Waals surface area contributed by atoms with Crippen LogP contribution < -0.4 is 10.1 Å². The minimum absolute atomic E-state index is 0.0263. The van der Waals surface area contributed by atoms with Gasteiger partial charge in [0.25, 0.3) is 0 Å². The Morgan fingerprint density at radius 2 is 2.07 bits per heavy atom. The maximum Gasteiger partial charge on any atom is 0.433 e. The quantitative estimate of drug-likeness (QED) is 0.843. The number of alkyl halides is 3. The molecule has 2 aliphatic heterocycles. The molecule has 150 valence electrons. The van der Waals surface area contributed by atoms with Crippen molar-refractivity contribution in [3.63, 3.8) is 0 Å². The number of carbonyl (C=O) groups is 1. The number of urea groups is 1. The van der Waals surface area contributed by atoms with Crippen LogP contribution in [0.5, 0.6) is 5.88 Å². The molecule has 1 atom stereocenters. The van der Waals surface area contributed by atoms with Gasteiger partial charge in [0.2, 0.25) is 5.88 Å². The summed E-state index contributed by atoms with van der Waals surface area (Å²) in [4.78, 5) is 17.4. The lowest BCUT2D eigenvalue weighted by atomic mass is 9.98. The Labute approximate surface area is 156 Å². The number of hydrogen-bond donors (Lipinski definition) is 1. The first-order valence-corrected chi connectivity index (χ1v) is 9.23. The summed E-state index contributed by atoms with van der Waals surface area (Å²) in [5.74, 6) is 0.158. The average Bonchev–Trinajstić information content (AvgIpc) is 3.18. The number of amides is 2. The molecule has 1 aromatic rings. The van der Waals surface area contributed by atoms with Gasteiger partial charge in [-0.15, -0.1) is 0 Å². The van der Waals surface area contributed by atoms with Crippen LogP contribution in [0, 0.1) is 5.92 Å². The Morgan fingerprint density at radius 1 is 1.30 bits per heavy atom. The van der Waals surface area contributed by atoms with Gasteiger partial charge in [-0.1, -0.05) is 6.07 Å². The third-order valence-electron chi connectivity index (χ3n) is 4.89. The molecule has 2 saturated heterocycles. The summed E-state index contributed by atoms with van der Waals surface area (Å²) < 4.78 is 49.0. The van der Waals surface area contributed by atoms with Gasteiger partial charge in [0.05, 0.1) is 12.7 Å². The van der Waals surface area contributed by atoms with E-state index in [0.717, 1.165) is 38.4 Å². The highest BCUT2D eigenvalue weighted by Crippen LogP contribution is 2.29. The minimum Gasteiger partial charge on any atom is -0.477 e. The first kappa shape index (κ1) is 19.7. The van der Waals surface area contributed by atoms with Crippen LogP contribution in [-0.4, -0.2) is 54.9 Å². The van der Waals surface area contributed by atoms with Gasteiger partial charge in [0, 0.05) is 32.3 Å². The van der Waals surface area contributed by atoms with E-state index >= 15 is 0 Å². The highest BCUT2D eigenvalue weighted by Gasteiger charge is 2.32. The lowest BCUT2D eigenvalue weighted by Crippen LogP contribution is -2.46. The van der Waals surface area contributed by atoms with Crippen molar-refractivity contribution in [2.75, 3.05) is 32.8 Å². The zero-order valence-corrected chi connectivity index (χ0v) is 15.0. The molecule has 2 amide bonds. The highest BCUT2D eigenvalue weighted by molar-refractivity contribution is 5.74. The number of nitrogens with one attached hydrogen (secondary N) is 1. The van der Waals surface area contributed by atoms with Gasteiger partial charge in [0.15, 0.2) is 0 Å². The van der Waals surface area contributed by atoms with Crippen molar-refractivity contribution in [1.82, 2.24) is 15.2 Å². The molecule has 0 radical (unpaired) electrons. The molecule has 0 aromatic carbocycles. The van der Waals surface area contributed by atoms with Gasteiger partial charge in [-0.2, -0.15) is 13.2 Å². The van der Waals surface area contributed by atoms with Gasteiger partial charge >= 0.3 is 12.2 Å². The summed E-state index contributed by atoms with van der Waals surface area (Å²) in [6.07, 6.45) is -0.879. The standard InChI is InChI=1S/C18H24F3N3O3/c19-18(20,21)15-4-1-5-16(23-15)27-12-13-6-8-24(9-7-13)17(25)22-11-14-3-2-10-26-14/h1,4-5,13-14H,2-3,6-12H2,(H,22,25). The number of piperidine rings is 1. The second-order valence-corrected chi connectivity index (χ2v) is 6.92. The van der Waals surface area contributed by atoms with E-state index in [9.17, 15) is 18.0 Å². The summed E-state index contributed by atoms with van der Waals surface area (Å²) >= 11 is 0. The van der Waals surface area contributed by atoms with Crippen LogP contribution >= 0.6 is 0 Å². The molecular formula is C18H24F3N3O3. The van der Waals surface area contributed by atoms with E-state index in [0.29, 0.717) is 26.2 Å². The van der Waals surface area contributed by atoms with E-state index in [4.69, 9.17) is 9.47 Å². The van der Waals surface area contributed by atoms with Crippen molar-refractivity contribution < 1.29 is 27.4 Å². The van der Waals surface area contributed by atoms with Crippen LogP contribution in [0.3, 0.4) is 0 Å². The SMILES string of the molecule is O=C(NCC1CCCO1)N1CCC(COc2cccc(C(F)(F)F)n2)CC1. The second-order valence-electron chi connectivity index (χ2n) is 6.92. The van der Waals surface area contributed by atoms with E-state index < -0.39 is 11.9 Å². The van der Waals surface area contributed by atoms with Crippen LogP contribution in [0.1, 0.15) is 31.4 Å². The molecule has 3 rings (SSSR count). The van der Waals surface area contributed by atoms with Crippen LogP contribution in [-0.2, 0) is 10.9 Å². The summed E-state index contributed by atoms with van der Waals surface area (Å²) in [5.41, 5.74) is -0.960. The first-order chi connectivity index (χ1) is 12.9. The maximum absolute atomic E-state index is 12.7. The molecule has 9 heteroatoms. The van der Waals surface area contributed by atoms with Crippen LogP contribution in [0.2, 0.25) is 0 Å². The lowest BCUT2D eigenvalue weighted by molar-refractivity contribution is -0.141. The molecule has 6 nitrogen and oxygen atoms in total. The topological polar surface area (TPSA) is 63.7 Å². The largest absolute Gasteiger partial charge is 0.477 e. The lowest BCUT2D eigenvalue weighted by Gasteiger charge is -2.32. The summed E-state index contributed by atoms with van der Waals surface area (Å²) in [5, 5.41) is 2.90. The van der Waals surface area contributed by atoms with E-state index in [1.807, 2.05) is 0 Å². The number of nitrogens with zero attached hydrogens (tertiary/aromatic N) is 2. The summed E-state index contributed by atoms with van der Waals surface area (Å²) in [6.45, 7) is 2.78. The third-order valence-corrected chi connectivity index (χ3v) is 4.89. The fraction of sp³-hybridized carbons (Fsp3) is 0.667. The molecule has 0 saturated carbocycles. The van der Waals surface area contributed by atoms with E-state index in [2.05, 4.69) is 10.3 Å². The van der Waals surface area contributed by atoms with Gasteiger partial charge in [0.1, 0.15) is 5.69 Å². The molecule has 1 unspecified atom stereocenters. The fourth-order valence-electron chi connectivity index (χ4n) is 3.28. The van der Waals surface area contributed by atoms with Crippen molar-refractivity contribution in [1.29, 1.82) is 0 Å². The number of rotatable bonds is 5. The van der Waals surface area contributed by atoms with Crippen molar-refractivity contribution in [2.45, 2.75) is 38.0 Å². The van der Waals surface area contributed by atoms with Gasteiger partial charge in [-0.3, -0.25) is 0 Å². The Morgan fingerprint density at radius 3 is 2.74 bits per heavy atom. The van der Waals surface area contributed by atoms with E-state index in [1.165, 1.54) is 12.1 Å². The molecule has 2 aliphatic rings. The maximum atomic E-state index is 12.7. The monoisotopic (exact) mass is 387 g/mol. The third kappa shape index (κ3) is 5.72. The Balaban J connectivity index is 1.38. The Kier molecular flexibility index (Phi) is 6.41. The summed E-state index contributed by atoms with van der Waals surface area (Å²) in [7, 11) is 0. The number of hydrogen-bond acceptors (Lipinski definition) is 4. The zero-order valence-electron chi connectivity index (χ0n) is 15.0. The number of carbonyl (C=O) groups excluding carboxylic acids is 1. The molecule has 1 aromatic heterocycles. The second kappa shape index (κ2) is 8.77. The number of pyridine rings is 1. The van der Waals surface area contributed by atoms with Crippen molar-refractivity contribution in [2.24, 2.45) is 5.92 Å². The van der Waals surface area contributed by atoms with Crippen LogP contribution in [0.15, 0.2) is 18.2 Å². The van der Waals surface area contributed by atoms with E-state index in [-0.39, 0.29) is 23.9 Å². The number of ether oxygens (including phenoxy) is 2. The van der Waals surface area contributed by atoms with Gasteiger partial charge in [-0.25, -0.2) is 9.78 Å². The fourth-order valence-corrected chi connectivity index (χ4v) is 3.28. The number of likely N-dealkylation sites (tertiary alicyclic amines) is 1. The smallest absolute Gasteiger partial charge is 0.433 e. The molecule has 27 heavy (non-hydrogen) atoms. The summed E-state index contributed by atoms with van der Waals surface area (Å²) in [6, 6.07) is 3.53. The Hall–Kier alpha value is -2.03. The zero-order chi connectivity index (χ0) is 19.3. The molecule has 0 aliphatic carbocycles.